The molecule has 3 heterocycles. The normalized spacial score (nSPS) is 14.7. The van der Waals surface area contributed by atoms with Gasteiger partial charge in [0.25, 0.3) is 0 Å². The highest BCUT2D eigenvalue weighted by Crippen LogP contribution is 2.30. The lowest BCUT2D eigenvalue weighted by molar-refractivity contribution is -0.140. The van der Waals surface area contributed by atoms with Crippen molar-refractivity contribution in [1.29, 1.82) is 5.26 Å². The van der Waals surface area contributed by atoms with E-state index in [1.54, 1.807) is 38.2 Å². The molecule has 1 N–H and O–H groups in total. The third-order valence-corrected chi connectivity index (χ3v) is 6.81. The van der Waals surface area contributed by atoms with Gasteiger partial charge in [-0.15, -0.1) is 0 Å². The predicted molar refractivity (Wildman–Crippen MR) is 138 cm³/mol. The molecule has 0 atom stereocenters. The number of nitriles is 1. The summed E-state index contributed by atoms with van der Waals surface area (Å²) in [6.07, 6.45) is 0.537. The molecule has 0 radical (unpaired) electrons. The van der Waals surface area contributed by atoms with Gasteiger partial charge in [-0.05, 0) is 87.3 Å². The first-order valence-electron chi connectivity index (χ1n) is 12.6. The Morgan fingerprint density at radius 3 is 2.58 bits per heavy atom. The fourth-order valence-electron chi connectivity index (χ4n) is 4.62. The lowest BCUT2D eigenvalue weighted by atomic mass is 9.91. The zero-order valence-electron chi connectivity index (χ0n) is 21.5. The van der Waals surface area contributed by atoms with E-state index in [9.17, 15) is 18.4 Å². The Kier molecular flexibility index (Phi) is 8.28. The minimum atomic E-state index is -4.53. The maximum absolute atomic E-state index is 15.1. The standard InChI is InChI=1S/C29H30F4N4O/c1-28(2,18-34)26-8-7-23(17-36-26)35-11-3-4-24-16-22-14-21(6-5-20-9-12-38-13-10-20)15-25(30)27(22)37(24)19-29(31,32)33/h7-8,14-17,20,35H,5-6,9-13,19H2,1-2H3. The molecule has 2 aromatic heterocycles. The van der Waals surface area contributed by atoms with E-state index in [-0.39, 0.29) is 17.8 Å². The second-order valence-corrected chi connectivity index (χ2v) is 10.2. The van der Waals surface area contributed by atoms with E-state index in [1.807, 2.05) is 0 Å². The smallest absolute Gasteiger partial charge is 0.381 e. The first-order valence-corrected chi connectivity index (χ1v) is 12.6. The van der Waals surface area contributed by atoms with Crippen molar-refractivity contribution in [2.24, 2.45) is 5.92 Å². The number of benzene rings is 1. The first kappa shape index (κ1) is 27.5. The Bertz CT molecular complexity index is 1370. The van der Waals surface area contributed by atoms with Gasteiger partial charge in [-0.25, -0.2) is 4.39 Å². The molecule has 38 heavy (non-hydrogen) atoms. The number of nitrogens with one attached hydrogen (secondary N) is 1. The van der Waals surface area contributed by atoms with Crippen LogP contribution in [0.5, 0.6) is 0 Å². The number of aromatic nitrogens is 2. The summed E-state index contributed by atoms with van der Waals surface area (Å²) >= 11 is 0. The van der Waals surface area contributed by atoms with Crippen molar-refractivity contribution in [3.63, 3.8) is 0 Å². The molecule has 4 rings (SSSR count). The summed E-state index contributed by atoms with van der Waals surface area (Å²) in [5.41, 5.74) is 1.35. The number of halogens is 4. The molecule has 0 bridgehead atoms. The van der Waals surface area contributed by atoms with Crippen LogP contribution in [0.15, 0.2) is 36.5 Å². The number of hydrogen-bond donors (Lipinski definition) is 1. The van der Waals surface area contributed by atoms with Crippen molar-refractivity contribution in [2.75, 3.05) is 25.1 Å². The SMILES string of the molecule is CC(C)(C#N)c1ccc(NCC#Cc2cc3cc(CCC4CCOCC4)cc(F)c3n2CC(F)(F)F)cn1. The van der Waals surface area contributed by atoms with Crippen molar-refractivity contribution in [3.05, 3.63) is 59.3 Å². The second kappa shape index (κ2) is 11.4. The average Bonchev–Trinajstić information content (AvgIpc) is 3.22. The Labute approximate surface area is 219 Å². The number of alkyl halides is 3. The molecule has 1 saturated heterocycles. The number of pyridine rings is 1. The maximum Gasteiger partial charge on any atom is 0.406 e. The topological polar surface area (TPSA) is 62.9 Å². The van der Waals surface area contributed by atoms with Crippen LogP contribution >= 0.6 is 0 Å². The number of rotatable bonds is 7. The van der Waals surface area contributed by atoms with Gasteiger partial charge in [-0.2, -0.15) is 18.4 Å². The number of fused-ring (bicyclic) bond motifs is 1. The highest BCUT2D eigenvalue weighted by molar-refractivity contribution is 5.84. The summed E-state index contributed by atoms with van der Waals surface area (Å²) in [5, 5.41) is 12.7. The average molecular weight is 527 g/mol. The van der Waals surface area contributed by atoms with Gasteiger partial charge in [0.05, 0.1) is 46.8 Å². The van der Waals surface area contributed by atoms with Crippen LogP contribution < -0.4 is 5.32 Å². The zero-order valence-corrected chi connectivity index (χ0v) is 21.5. The van der Waals surface area contributed by atoms with E-state index < -0.39 is 24.0 Å². The van der Waals surface area contributed by atoms with Gasteiger partial charge in [0.15, 0.2) is 0 Å². The quantitative estimate of drug-likeness (QED) is 0.287. The van der Waals surface area contributed by atoms with Gasteiger partial charge in [0, 0.05) is 18.6 Å². The molecule has 1 aromatic carbocycles. The van der Waals surface area contributed by atoms with Crippen LogP contribution in [-0.2, 0) is 23.1 Å². The molecule has 1 aliphatic rings. The van der Waals surface area contributed by atoms with Crippen LogP contribution in [0, 0.1) is 34.9 Å². The van der Waals surface area contributed by atoms with Crippen LogP contribution in [0.1, 0.15) is 50.1 Å². The van der Waals surface area contributed by atoms with E-state index in [0.717, 1.165) is 42.6 Å². The largest absolute Gasteiger partial charge is 0.406 e. The van der Waals surface area contributed by atoms with Gasteiger partial charge in [0.1, 0.15) is 12.4 Å². The van der Waals surface area contributed by atoms with E-state index in [0.29, 0.717) is 29.1 Å². The summed E-state index contributed by atoms with van der Waals surface area (Å²) in [7, 11) is 0. The van der Waals surface area contributed by atoms with Crippen molar-refractivity contribution >= 4 is 16.6 Å². The molecule has 0 spiro atoms. The monoisotopic (exact) mass is 526 g/mol. The third-order valence-electron chi connectivity index (χ3n) is 6.81. The van der Waals surface area contributed by atoms with Gasteiger partial charge in [-0.1, -0.05) is 5.92 Å². The Morgan fingerprint density at radius 2 is 1.92 bits per heavy atom. The molecule has 0 saturated carbocycles. The summed E-state index contributed by atoms with van der Waals surface area (Å²) in [5.74, 6) is 5.44. The van der Waals surface area contributed by atoms with Crippen LogP contribution in [0.4, 0.5) is 23.2 Å². The molecule has 1 fully saturated rings. The predicted octanol–water partition coefficient (Wildman–Crippen LogP) is 6.36. The zero-order chi connectivity index (χ0) is 27.3. The summed E-state index contributed by atoms with van der Waals surface area (Å²) in [6, 6.07) is 10.3. The summed E-state index contributed by atoms with van der Waals surface area (Å²) < 4.78 is 61.5. The Hall–Kier alpha value is -3.56. The van der Waals surface area contributed by atoms with E-state index in [2.05, 4.69) is 28.2 Å². The van der Waals surface area contributed by atoms with Gasteiger partial charge >= 0.3 is 6.18 Å². The lowest BCUT2D eigenvalue weighted by Gasteiger charge is -2.21. The minimum absolute atomic E-state index is 0.0886. The highest BCUT2D eigenvalue weighted by atomic mass is 19.4. The fourth-order valence-corrected chi connectivity index (χ4v) is 4.62. The first-order chi connectivity index (χ1) is 18.1. The molecule has 3 aromatic rings. The molecule has 0 aliphatic carbocycles. The van der Waals surface area contributed by atoms with Crippen molar-refractivity contribution in [2.45, 2.75) is 57.7 Å². The van der Waals surface area contributed by atoms with Crippen LogP contribution in [0.2, 0.25) is 0 Å². The number of anilines is 1. The number of aryl methyl sites for hydroxylation is 1. The molecule has 9 heteroatoms. The van der Waals surface area contributed by atoms with Crippen molar-refractivity contribution in [3.8, 4) is 17.9 Å². The molecule has 1 aliphatic heterocycles. The van der Waals surface area contributed by atoms with E-state index >= 15 is 4.39 Å². The molecule has 0 unspecified atom stereocenters. The van der Waals surface area contributed by atoms with Crippen LogP contribution in [0.25, 0.3) is 10.9 Å². The number of nitrogens with zero attached hydrogens (tertiary/aromatic N) is 3. The molecule has 200 valence electrons. The van der Waals surface area contributed by atoms with Crippen molar-refractivity contribution < 1.29 is 22.3 Å². The Morgan fingerprint density at radius 1 is 1.16 bits per heavy atom. The lowest BCUT2D eigenvalue weighted by Crippen LogP contribution is -2.19. The second-order valence-electron chi connectivity index (χ2n) is 10.2. The summed E-state index contributed by atoms with van der Waals surface area (Å²) in [6.45, 7) is 3.83. The van der Waals surface area contributed by atoms with Crippen molar-refractivity contribution in [1.82, 2.24) is 9.55 Å². The van der Waals surface area contributed by atoms with E-state index in [1.165, 1.54) is 12.1 Å². The highest BCUT2D eigenvalue weighted by Gasteiger charge is 2.30. The van der Waals surface area contributed by atoms with Gasteiger partial charge in [0.2, 0.25) is 0 Å². The number of hydrogen-bond acceptors (Lipinski definition) is 4. The molecule has 5 nitrogen and oxygen atoms in total. The molecular formula is C29H30F4N4O. The fraction of sp³-hybridized carbons (Fsp3) is 0.448. The minimum Gasteiger partial charge on any atom is -0.381 e. The van der Waals surface area contributed by atoms with E-state index in [4.69, 9.17) is 4.74 Å². The summed E-state index contributed by atoms with van der Waals surface area (Å²) in [4.78, 5) is 4.29. The van der Waals surface area contributed by atoms with Crippen LogP contribution in [0.3, 0.4) is 0 Å². The van der Waals surface area contributed by atoms with Gasteiger partial charge < -0.3 is 14.6 Å². The third kappa shape index (κ3) is 6.85. The molecule has 0 amide bonds. The Balaban J connectivity index is 1.52. The maximum atomic E-state index is 15.1. The number of ether oxygens (including phenoxy) is 1. The van der Waals surface area contributed by atoms with Gasteiger partial charge in [-0.3, -0.25) is 4.98 Å². The van der Waals surface area contributed by atoms with Crippen LogP contribution in [-0.4, -0.2) is 35.5 Å². The molecular weight excluding hydrogens is 496 g/mol.